The van der Waals surface area contributed by atoms with E-state index in [0.717, 1.165) is 17.4 Å². The van der Waals surface area contributed by atoms with Crippen LogP contribution in [0.15, 0.2) is 52.9 Å². The van der Waals surface area contributed by atoms with Crippen molar-refractivity contribution in [1.82, 2.24) is 9.88 Å². The van der Waals surface area contributed by atoms with Crippen LogP contribution in [0.3, 0.4) is 0 Å². The zero-order valence-electron chi connectivity index (χ0n) is 15.9. The summed E-state index contributed by atoms with van der Waals surface area (Å²) < 4.78 is 50.4. The number of benzene rings is 2. The van der Waals surface area contributed by atoms with E-state index in [1.165, 1.54) is 12.1 Å². The van der Waals surface area contributed by atoms with Crippen molar-refractivity contribution in [3.05, 3.63) is 71.1 Å². The van der Waals surface area contributed by atoms with Gasteiger partial charge in [-0.3, -0.25) is 4.90 Å². The SMILES string of the molecule is COc1ccc(-c2nc(CN(C)Cc3ccccc3C(F)(F)F)c(C)o2)cc1. The van der Waals surface area contributed by atoms with E-state index >= 15 is 0 Å². The number of oxazole rings is 1. The molecule has 1 aromatic heterocycles. The van der Waals surface area contributed by atoms with Crippen molar-refractivity contribution < 1.29 is 22.3 Å². The monoisotopic (exact) mass is 390 g/mol. The van der Waals surface area contributed by atoms with Crippen LogP contribution >= 0.6 is 0 Å². The standard InChI is InChI=1S/C21H21F3N2O2/c1-14-19(25-20(28-14)15-8-10-17(27-3)11-9-15)13-26(2)12-16-6-4-5-7-18(16)21(22,23)24/h4-11H,12-13H2,1-3H3. The van der Waals surface area contributed by atoms with Crippen molar-refractivity contribution in [2.45, 2.75) is 26.2 Å². The first-order chi connectivity index (χ1) is 13.3. The predicted molar refractivity (Wildman–Crippen MR) is 99.8 cm³/mol. The molecule has 0 bridgehead atoms. The molecular weight excluding hydrogens is 369 g/mol. The molecule has 2 aromatic carbocycles. The predicted octanol–water partition coefficient (Wildman–Crippen LogP) is 5.31. The highest BCUT2D eigenvalue weighted by Gasteiger charge is 2.33. The van der Waals surface area contributed by atoms with Crippen LogP contribution in [0, 0.1) is 6.92 Å². The number of alkyl halides is 3. The summed E-state index contributed by atoms with van der Waals surface area (Å²) in [5, 5.41) is 0. The normalized spacial score (nSPS) is 11.8. The van der Waals surface area contributed by atoms with Crippen LogP contribution in [0.2, 0.25) is 0 Å². The molecule has 3 aromatic rings. The van der Waals surface area contributed by atoms with Crippen molar-refractivity contribution in [1.29, 1.82) is 0 Å². The molecule has 0 saturated carbocycles. The van der Waals surface area contributed by atoms with E-state index in [2.05, 4.69) is 4.98 Å². The number of aromatic nitrogens is 1. The van der Waals surface area contributed by atoms with Gasteiger partial charge in [-0.05, 0) is 49.9 Å². The van der Waals surface area contributed by atoms with Gasteiger partial charge in [-0.15, -0.1) is 0 Å². The molecule has 0 fully saturated rings. The summed E-state index contributed by atoms with van der Waals surface area (Å²) in [5.41, 5.74) is 1.12. The maximum Gasteiger partial charge on any atom is 0.416 e. The summed E-state index contributed by atoms with van der Waals surface area (Å²) in [7, 11) is 3.35. The van der Waals surface area contributed by atoms with E-state index in [9.17, 15) is 13.2 Å². The highest BCUT2D eigenvalue weighted by molar-refractivity contribution is 5.55. The van der Waals surface area contributed by atoms with Gasteiger partial charge in [0.2, 0.25) is 5.89 Å². The Morgan fingerprint density at radius 3 is 2.36 bits per heavy atom. The van der Waals surface area contributed by atoms with Gasteiger partial charge in [0.05, 0.1) is 18.4 Å². The second-order valence-corrected chi connectivity index (χ2v) is 6.58. The molecule has 0 N–H and O–H groups in total. The lowest BCUT2D eigenvalue weighted by molar-refractivity contribution is -0.138. The Balaban J connectivity index is 1.75. The van der Waals surface area contributed by atoms with Crippen molar-refractivity contribution in [2.24, 2.45) is 0 Å². The molecule has 3 rings (SSSR count). The first-order valence-electron chi connectivity index (χ1n) is 8.72. The first-order valence-corrected chi connectivity index (χ1v) is 8.72. The average molecular weight is 390 g/mol. The molecule has 148 valence electrons. The number of ether oxygens (including phenoxy) is 1. The number of halogens is 3. The minimum absolute atomic E-state index is 0.153. The average Bonchev–Trinajstić information content (AvgIpc) is 3.01. The summed E-state index contributed by atoms with van der Waals surface area (Å²) in [4.78, 5) is 6.30. The van der Waals surface area contributed by atoms with E-state index in [0.29, 0.717) is 23.9 Å². The minimum Gasteiger partial charge on any atom is -0.497 e. The molecule has 7 heteroatoms. The molecule has 1 heterocycles. The van der Waals surface area contributed by atoms with Crippen molar-refractivity contribution >= 4 is 0 Å². The highest BCUT2D eigenvalue weighted by atomic mass is 19.4. The third kappa shape index (κ3) is 4.54. The summed E-state index contributed by atoms with van der Waals surface area (Å²) in [6.07, 6.45) is -4.37. The molecular formula is C21H21F3N2O2. The van der Waals surface area contributed by atoms with Crippen LogP contribution < -0.4 is 4.74 Å². The Labute approximate surface area is 161 Å². The van der Waals surface area contributed by atoms with Crippen LogP contribution in [-0.4, -0.2) is 24.0 Å². The lowest BCUT2D eigenvalue weighted by Gasteiger charge is -2.19. The van der Waals surface area contributed by atoms with Gasteiger partial charge < -0.3 is 9.15 Å². The molecule has 0 aliphatic heterocycles. The summed E-state index contributed by atoms with van der Waals surface area (Å²) in [5.74, 6) is 1.84. The second kappa shape index (κ2) is 8.06. The van der Waals surface area contributed by atoms with Gasteiger partial charge in [0, 0.05) is 18.7 Å². The molecule has 0 radical (unpaired) electrons. The van der Waals surface area contributed by atoms with Gasteiger partial charge >= 0.3 is 6.18 Å². The Morgan fingerprint density at radius 2 is 1.71 bits per heavy atom. The molecule has 28 heavy (non-hydrogen) atoms. The van der Waals surface area contributed by atoms with E-state index in [-0.39, 0.29) is 12.1 Å². The van der Waals surface area contributed by atoms with Crippen molar-refractivity contribution in [2.75, 3.05) is 14.2 Å². The Bertz CT molecular complexity index is 934. The van der Waals surface area contributed by atoms with Gasteiger partial charge in [-0.25, -0.2) is 4.98 Å². The molecule has 0 aliphatic carbocycles. The summed E-state index contributed by atoms with van der Waals surface area (Å²) >= 11 is 0. The van der Waals surface area contributed by atoms with E-state index in [1.54, 1.807) is 32.0 Å². The maximum atomic E-state index is 13.2. The summed E-state index contributed by atoms with van der Waals surface area (Å²) in [6, 6.07) is 12.9. The zero-order chi connectivity index (χ0) is 20.3. The fourth-order valence-electron chi connectivity index (χ4n) is 2.97. The molecule has 4 nitrogen and oxygen atoms in total. The Hall–Kier alpha value is -2.80. The summed E-state index contributed by atoms with van der Waals surface area (Å²) in [6.45, 7) is 2.32. The number of hydrogen-bond donors (Lipinski definition) is 0. The minimum atomic E-state index is -4.37. The number of methoxy groups -OCH3 is 1. The van der Waals surface area contributed by atoms with Crippen LogP contribution in [0.5, 0.6) is 5.75 Å². The van der Waals surface area contributed by atoms with Gasteiger partial charge in [-0.2, -0.15) is 13.2 Å². The number of rotatable bonds is 6. The zero-order valence-corrected chi connectivity index (χ0v) is 15.9. The number of hydrogen-bond acceptors (Lipinski definition) is 4. The second-order valence-electron chi connectivity index (χ2n) is 6.58. The maximum absolute atomic E-state index is 13.2. The van der Waals surface area contributed by atoms with Crippen molar-refractivity contribution in [3.63, 3.8) is 0 Å². The van der Waals surface area contributed by atoms with Crippen LogP contribution in [0.4, 0.5) is 13.2 Å². The van der Waals surface area contributed by atoms with Gasteiger partial charge in [-0.1, -0.05) is 18.2 Å². The van der Waals surface area contributed by atoms with Crippen LogP contribution in [-0.2, 0) is 19.3 Å². The van der Waals surface area contributed by atoms with Gasteiger partial charge in [0.1, 0.15) is 11.5 Å². The Kier molecular flexibility index (Phi) is 5.74. The van der Waals surface area contributed by atoms with Crippen LogP contribution in [0.25, 0.3) is 11.5 Å². The van der Waals surface area contributed by atoms with Crippen molar-refractivity contribution in [3.8, 4) is 17.2 Å². The lowest BCUT2D eigenvalue weighted by Crippen LogP contribution is -2.20. The number of nitrogens with zero attached hydrogens (tertiary/aromatic N) is 2. The van der Waals surface area contributed by atoms with E-state index < -0.39 is 11.7 Å². The fraction of sp³-hybridized carbons (Fsp3) is 0.286. The van der Waals surface area contributed by atoms with Gasteiger partial charge in [0.25, 0.3) is 0 Å². The van der Waals surface area contributed by atoms with E-state index in [1.807, 2.05) is 24.3 Å². The topological polar surface area (TPSA) is 38.5 Å². The molecule has 0 spiro atoms. The van der Waals surface area contributed by atoms with E-state index in [4.69, 9.17) is 9.15 Å². The largest absolute Gasteiger partial charge is 0.497 e. The highest BCUT2D eigenvalue weighted by Crippen LogP contribution is 2.32. The quantitative estimate of drug-likeness (QED) is 0.572. The van der Waals surface area contributed by atoms with Gasteiger partial charge in [0.15, 0.2) is 0 Å². The fourth-order valence-corrected chi connectivity index (χ4v) is 2.97. The molecule has 0 saturated heterocycles. The first kappa shape index (κ1) is 19.9. The lowest BCUT2D eigenvalue weighted by atomic mass is 10.1. The molecule has 0 atom stereocenters. The number of aryl methyl sites for hydroxylation is 1. The molecule has 0 amide bonds. The third-order valence-corrected chi connectivity index (χ3v) is 4.41. The smallest absolute Gasteiger partial charge is 0.416 e. The third-order valence-electron chi connectivity index (χ3n) is 4.41. The Morgan fingerprint density at radius 1 is 1.04 bits per heavy atom. The molecule has 0 aliphatic rings. The van der Waals surface area contributed by atoms with Crippen LogP contribution in [0.1, 0.15) is 22.6 Å². The molecule has 0 unspecified atom stereocenters.